The fourth-order valence-corrected chi connectivity index (χ4v) is 3.35. The molecule has 0 aromatic heterocycles. The van der Waals surface area contributed by atoms with E-state index in [-0.39, 0.29) is 11.6 Å². The Kier molecular flexibility index (Phi) is 7.74. The van der Waals surface area contributed by atoms with Crippen molar-refractivity contribution >= 4 is 29.1 Å². The predicted molar refractivity (Wildman–Crippen MR) is 97.2 cm³/mol. The first-order valence-corrected chi connectivity index (χ1v) is 9.46. The van der Waals surface area contributed by atoms with Crippen LogP contribution in [0.15, 0.2) is 29.4 Å². The SMILES string of the molecule is O=C(CSCc1ccc([N+](=O)[O-])cc1)NN=C1CCCCCCC1. The first-order chi connectivity index (χ1) is 11.6. The quantitative estimate of drug-likeness (QED) is 0.620. The number of nitrogens with one attached hydrogen (secondary N) is 1. The molecule has 130 valence electrons. The van der Waals surface area contributed by atoms with Crippen LogP contribution in [0.4, 0.5) is 5.69 Å². The van der Waals surface area contributed by atoms with Gasteiger partial charge in [-0.15, -0.1) is 11.8 Å². The number of hydrogen-bond acceptors (Lipinski definition) is 5. The van der Waals surface area contributed by atoms with Crippen molar-refractivity contribution in [3.05, 3.63) is 39.9 Å². The highest BCUT2D eigenvalue weighted by molar-refractivity contribution is 7.99. The Morgan fingerprint density at radius 3 is 2.38 bits per heavy atom. The second kappa shape index (κ2) is 10.1. The van der Waals surface area contributed by atoms with Crippen LogP contribution in [-0.4, -0.2) is 22.3 Å². The molecule has 0 radical (unpaired) electrons. The van der Waals surface area contributed by atoms with E-state index in [1.807, 2.05) is 0 Å². The third-order valence-electron chi connectivity index (χ3n) is 3.92. The summed E-state index contributed by atoms with van der Waals surface area (Å²) in [5.41, 5.74) is 4.79. The molecule has 1 aliphatic carbocycles. The Balaban J connectivity index is 1.69. The number of rotatable bonds is 6. The van der Waals surface area contributed by atoms with E-state index < -0.39 is 4.92 Å². The topological polar surface area (TPSA) is 84.6 Å². The lowest BCUT2D eigenvalue weighted by Crippen LogP contribution is -2.22. The van der Waals surface area contributed by atoms with Crippen LogP contribution in [0, 0.1) is 10.1 Å². The molecule has 0 unspecified atom stereocenters. The molecule has 1 aromatic carbocycles. The lowest BCUT2D eigenvalue weighted by molar-refractivity contribution is -0.384. The molecular formula is C17H23N3O3S. The average Bonchev–Trinajstić information content (AvgIpc) is 2.54. The number of amides is 1. The zero-order valence-electron chi connectivity index (χ0n) is 13.7. The normalized spacial score (nSPS) is 15.2. The summed E-state index contributed by atoms with van der Waals surface area (Å²) in [5, 5.41) is 14.9. The van der Waals surface area contributed by atoms with Gasteiger partial charge < -0.3 is 0 Å². The molecule has 0 aliphatic heterocycles. The zero-order valence-corrected chi connectivity index (χ0v) is 14.5. The zero-order chi connectivity index (χ0) is 17.2. The van der Waals surface area contributed by atoms with Crippen LogP contribution in [-0.2, 0) is 10.5 Å². The van der Waals surface area contributed by atoms with Crippen molar-refractivity contribution in [3.8, 4) is 0 Å². The summed E-state index contributed by atoms with van der Waals surface area (Å²) in [4.78, 5) is 22.0. The smallest absolute Gasteiger partial charge is 0.269 e. The first-order valence-electron chi connectivity index (χ1n) is 8.30. The molecule has 1 amide bonds. The number of nitro benzene ring substituents is 1. The third-order valence-corrected chi connectivity index (χ3v) is 4.92. The molecule has 0 spiro atoms. The number of non-ortho nitro benzene ring substituents is 1. The predicted octanol–water partition coefficient (Wildman–Crippen LogP) is 4.04. The number of carbonyl (C=O) groups is 1. The minimum atomic E-state index is -0.418. The van der Waals surface area contributed by atoms with Gasteiger partial charge in [-0.1, -0.05) is 31.4 Å². The van der Waals surface area contributed by atoms with Crippen LogP contribution in [0.3, 0.4) is 0 Å². The molecule has 1 aliphatic rings. The number of nitrogens with zero attached hydrogens (tertiary/aromatic N) is 2. The Morgan fingerprint density at radius 2 is 1.75 bits per heavy atom. The van der Waals surface area contributed by atoms with E-state index in [1.165, 1.54) is 43.2 Å². The van der Waals surface area contributed by atoms with E-state index in [0.29, 0.717) is 11.5 Å². The van der Waals surface area contributed by atoms with Gasteiger partial charge in [0.1, 0.15) is 0 Å². The molecular weight excluding hydrogens is 326 g/mol. The number of benzene rings is 1. The number of hydrogen-bond donors (Lipinski definition) is 1. The van der Waals surface area contributed by atoms with Gasteiger partial charge in [-0.05, 0) is 31.2 Å². The van der Waals surface area contributed by atoms with Crippen LogP contribution in [0.25, 0.3) is 0 Å². The molecule has 0 atom stereocenters. The maximum Gasteiger partial charge on any atom is 0.269 e. The molecule has 0 heterocycles. The van der Waals surface area contributed by atoms with Crippen molar-refractivity contribution in [1.29, 1.82) is 0 Å². The Labute approximate surface area is 146 Å². The van der Waals surface area contributed by atoms with Gasteiger partial charge in [0.05, 0.1) is 10.7 Å². The van der Waals surface area contributed by atoms with E-state index in [2.05, 4.69) is 10.5 Å². The maximum absolute atomic E-state index is 11.8. The average molecular weight is 349 g/mol. The second-order valence-corrected chi connectivity index (χ2v) is 6.88. The molecule has 6 nitrogen and oxygen atoms in total. The monoisotopic (exact) mass is 349 g/mol. The van der Waals surface area contributed by atoms with Crippen molar-refractivity contribution in [1.82, 2.24) is 5.43 Å². The summed E-state index contributed by atoms with van der Waals surface area (Å²) < 4.78 is 0. The molecule has 0 bridgehead atoms. The van der Waals surface area contributed by atoms with Gasteiger partial charge in [0, 0.05) is 23.6 Å². The first kappa shape index (κ1) is 18.4. The van der Waals surface area contributed by atoms with Crippen LogP contribution in [0.5, 0.6) is 0 Å². The second-order valence-electron chi connectivity index (χ2n) is 5.90. The summed E-state index contributed by atoms with van der Waals surface area (Å²) in [6.07, 6.45) is 8.08. The van der Waals surface area contributed by atoms with Crippen molar-refractivity contribution in [3.63, 3.8) is 0 Å². The Morgan fingerprint density at radius 1 is 1.12 bits per heavy atom. The summed E-state index contributed by atoms with van der Waals surface area (Å²) >= 11 is 1.47. The van der Waals surface area contributed by atoms with E-state index in [0.717, 1.165) is 37.0 Å². The van der Waals surface area contributed by atoms with Gasteiger partial charge in [0.15, 0.2) is 0 Å². The molecule has 1 saturated carbocycles. The van der Waals surface area contributed by atoms with Gasteiger partial charge in [-0.2, -0.15) is 5.10 Å². The van der Waals surface area contributed by atoms with Crippen LogP contribution < -0.4 is 5.43 Å². The van der Waals surface area contributed by atoms with Gasteiger partial charge >= 0.3 is 0 Å². The third kappa shape index (κ3) is 6.70. The van der Waals surface area contributed by atoms with Crippen molar-refractivity contribution in [2.45, 2.75) is 50.7 Å². The molecule has 7 heteroatoms. The Bertz CT molecular complexity index is 577. The lowest BCUT2D eigenvalue weighted by Gasteiger charge is -2.10. The molecule has 0 saturated heterocycles. The largest absolute Gasteiger partial charge is 0.272 e. The van der Waals surface area contributed by atoms with E-state index >= 15 is 0 Å². The highest BCUT2D eigenvalue weighted by Crippen LogP contribution is 2.17. The van der Waals surface area contributed by atoms with E-state index in [9.17, 15) is 14.9 Å². The number of nitro groups is 1. The number of thioether (sulfide) groups is 1. The van der Waals surface area contributed by atoms with Gasteiger partial charge in [-0.25, -0.2) is 5.43 Å². The van der Waals surface area contributed by atoms with Crippen molar-refractivity contribution < 1.29 is 9.72 Å². The van der Waals surface area contributed by atoms with Gasteiger partial charge in [-0.3, -0.25) is 14.9 Å². The maximum atomic E-state index is 11.8. The number of carbonyl (C=O) groups excluding carboxylic acids is 1. The van der Waals surface area contributed by atoms with E-state index in [4.69, 9.17) is 0 Å². The molecule has 24 heavy (non-hydrogen) atoms. The van der Waals surface area contributed by atoms with Crippen molar-refractivity contribution in [2.24, 2.45) is 5.10 Å². The summed E-state index contributed by atoms with van der Waals surface area (Å²) in [6.45, 7) is 0. The molecule has 2 rings (SSSR count). The minimum Gasteiger partial charge on any atom is -0.272 e. The van der Waals surface area contributed by atoms with Crippen LogP contribution >= 0.6 is 11.8 Å². The highest BCUT2D eigenvalue weighted by Gasteiger charge is 2.07. The van der Waals surface area contributed by atoms with Crippen LogP contribution in [0.2, 0.25) is 0 Å². The minimum absolute atomic E-state index is 0.0801. The van der Waals surface area contributed by atoms with Crippen LogP contribution in [0.1, 0.15) is 50.5 Å². The molecule has 1 aromatic rings. The number of hydrazone groups is 1. The Hall–Kier alpha value is -1.89. The summed E-state index contributed by atoms with van der Waals surface area (Å²) in [6, 6.07) is 6.41. The lowest BCUT2D eigenvalue weighted by atomic mass is 9.99. The summed E-state index contributed by atoms with van der Waals surface area (Å²) in [5.74, 6) is 0.868. The standard InChI is InChI=1S/C17H23N3O3S/c21-17(19-18-15-6-4-2-1-3-5-7-15)13-24-12-14-8-10-16(11-9-14)20(22)23/h8-11H,1-7,12-13H2,(H,19,21). The molecule has 1 fully saturated rings. The fraction of sp³-hybridized carbons (Fsp3) is 0.529. The molecule has 1 N–H and O–H groups in total. The fourth-order valence-electron chi connectivity index (χ4n) is 2.57. The van der Waals surface area contributed by atoms with Crippen molar-refractivity contribution in [2.75, 3.05) is 5.75 Å². The highest BCUT2D eigenvalue weighted by atomic mass is 32.2. The van der Waals surface area contributed by atoms with Gasteiger partial charge in [0.25, 0.3) is 5.69 Å². The van der Waals surface area contributed by atoms with E-state index in [1.54, 1.807) is 12.1 Å². The summed E-state index contributed by atoms with van der Waals surface area (Å²) in [7, 11) is 0. The van der Waals surface area contributed by atoms with Gasteiger partial charge in [0.2, 0.25) is 5.91 Å².